The summed E-state index contributed by atoms with van der Waals surface area (Å²) >= 11 is 1.41. The predicted molar refractivity (Wildman–Crippen MR) is 109 cm³/mol. The summed E-state index contributed by atoms with van der Waals surface area (Å²) in [6.45, 7) is 1.83. The highest BCUT2D eigenvalue weighted by atomic mass is 32.1. The molecule has 3 aromatic heterocycles. The minimum absolute atomic E-state index is 0.140. The molecule has 0 radical (unpaired) electrons. The number of anilines is 1. The van der Waals surface area contributed by atoms with Crippen molar-refractivity contribution in [1.29, 1.82) is 0 Å². The number of carbonyl (C=O) groups excluding carboxylic acids is 1. The Morgan fingerprint density at radius 1 is 1.11 bits per heavy atom. The molecule has 3 heterocycles. The van der Waals surface area contributed by atoms with Gasteiger partial charge in [0.15, 0.2) is 5.13 Å². The first kappa shape index (κ1) is 18.0. The van der Waals surface area contributed by atoms with Gasteiger partial charge in [0, 0.05) is 12.4 Å². The van der Waals surface area contributed by atoms with Crippen molar-refractivity contribution in [3.63, 3.8) is 0 Å². The van der Waals surface area contributed by atoms with Gasteiger partial charge in [0.25, 0.3) is 0 Å². The Morgan fingerprint density at radius 3 is 2.75 bits per heavy atom. The van der Waals surface area contributed by atoms with Crippen LogP contribution in [0.5, 0.6) is 5.75 Å². The number of methoxy groups -OCH3 is 1. The quantitative estimate of drug-likeness (QED) is 0.559. The van der Waals surface area contributed by atoms with E-state index in [0.717, 1.165) is 32.9 Å². The summed E-state index contributed by atoms with van der Waals surface area (Å²) in [4.78, 5) is 29.6. The number of aryl methyl sites for hydroxylation is 1. The average Bonchev–Trinajstić information content (AvgIpc) is 3.09. The molecular weight excluding hydrogens is 374 g/mol. The SMILES string of the molecule is COc1ccc2nc(NC(=O)Cc3ccc(-c4ccnc(C)n4)nc3)sc2c1. The van der Waals surface area contributed by atoms with Gasteiger partial charge in [-0.2, -0.15) is 0 Å². The minimum atomic E-state index is -0.140. The normalized spacial score (nSPS) is 10.8. The number of amides is 1. The van der Waals surface area contributed by atoms with Gasteiger partial charge in [0.2, 0.25) is 5.91 Å². The monoisotopic (exact) mass is 391 g/mol. The minimum Gasteiger partial charge on any atom is -0.497 e. The van der Waals surface area contributed by atoms with Crippen molar-refractivity contribution in [2.24, 2.45) is 0 Å². The van der Waals surface area contributed by atoms with E-state index >= 15 is 0 Å². The molecule has 4 aromatic rings. The number of carbonyl (C=O) groups is 1. The number of rotatable bonds is 5. The van der Waals surface area contributed by atoms with Crippen molar-refractivity contribution in [3.8, 4) is 17.1 Å². The van der Waals surface area contributed by atoms with Gasteiger partial charge in [-0.25, -0.2) is 15.0 Å². The van der Waals surface area contributed by atoms with Crippen molar-refractivity contribution in [3.05, 3.63) is 60.2 Å². The first-order chi connectivity index (χ1) is 13.6. The Morgan fingerprint density at radius 2 is 2.00 bits per heavy atom. The molecule has 0 aliphatic rings. The predicted octanol–water partition coefficient (Wildman–Crippen LogP) is 3.65. The third-order valence-corrected chi connectivity index (χ3v) is 5.00. The molecular formula is C20H17N5O2S. The van der Waals surface area contributed by atoms with Crippen molar-refractivity contribution in [2.75, 3.05) is 12.4 Å². The van der Waals surface area contributed by atoms with E-state index in [9.17, 15) is 4.79 Å². The number of pyridine rings is 1. The molecule has 4 rings (SSSR count). The van der Waals surface area contributed by atoms with Crippen molar-refractivity contribution in [1.82, 2.24) is 19.9 Å². The first-order valence-electron chi connectivity index (χ1n) is 8.60. The standard InChI is InChI=1S/C20H17N5O2S/c1-12-21-8-7-16(23-12)15-5-3-13(11-22-15)9-19(26)25-20-24-17-6-4-14(27-2)10-18(17)28-20/h3-8,10-11H,9H2,1-2H3,(H,24,25,26). The largest absolute Gasteiger partial charge is 0.497 e. The second kappa shape index (κ2) is 7.69. The van der Waals surface area contributed by atoms with Crippen molar-refractivity contribution < 1.29 is 9.53 Å². The van der Waals surface area contributed by atoms with Gasteiger partial charge in [-0.3, -0.25) is 9.78 Å². The lowest BCUT2D eigenvalue weighted by Crippen LogP contribution is -2.14. The van der Waals surface area contributed by atoms with Crippen LogP contribution in [-0.2, 0) is 11.2 Å². The Labute approximate surface area is 165 Å². The Balaban J connectivity index is 1.43. The fourth-order valence-electron chi connectivity index (χ4n) is 2.71. The van der Waals surface area contributed by atoms with Gasteiger partial charge < -0.3 is 10.1 Å². The summed E-state index contributed by atoms with van der Waals surface area (Å²) < 4.78 is 6.18. The van der Waals surface area contributed by atoms with Crippen LogP contribution in [0, 0.1) is 6.92 Å². The summed E-state index contributed by atoms with van der Waals surface area (Å²) in [5.74, 6) is 1.31. The Bertz CT molecular complexity index is 1140. The van der Waals surface area contributed by atoms with Gasteiger partial charge in [0.05, 0.1) is 35.1 Å². The molecule has 0 saturated carbocycles. The molecule has 1 amide bonds. The highest BCUT2D eigenvalue weighted by molar-refractivity contribution is 7.22. The van der Waals surface area contributed by atoms with Crippen LogP contribution in [0.4, 0.5) is 5.13 Å². The van der Waals surface area contributed by atoms with Gasteiger partial charge in [-0.1, -0.05) is 17.4 Å². The number of nitrogens with zero attached hydrogens (tertiary/aromatic N) is 4. The molecule has 0 spiro atoms. The number of hydrogen-bond acceptors (Lipinski definition) is 7. The summed E-state index contributed by atoms with van der Waals surface area (Å²) in [7, 11) is 1.62. The summed E-state index contributed by atoms with van der Waals surface area (Å²) in [5, 5.41) is 3.41. The molecule has 0 unspecified atom stereocenters. The number of aromatic nitrogens is 4. The zero-order valence-electron chi connectivity index (χ0n) is 15.3. The maximum atomic E-state index is 12.4. The highest BCUT2D eigenvalue weighted by Crippen LogP contribution is 2.29. The first-order valence-corrected chi connectivity index (χ1v) is 9.42. The van der Waals surface area contributed by atoms with Gasteiger partial charge >= 0.3 is 0 Å². The second-order valence-electron chi connectivity index (χ2n) is 6.12. The summed E-state index contributed by atoms with van der Waals surface area (Å²) in [5.41, 5.74) is 3.14. The lowest BCUT2D eigenvalue weighted by atomic mass is 10.1. The molecule has 0 fully saturated rings. The van der Waals surface area contributed by atoms with E-state index in [-0.39, 0.29) is 12.3 Å². The second-order valence-corrected chi connectivity index (χ2v) is 7.15. The Hall–Kier alpha value is -3.39. The third kappa shape index (κ3) is 3.96. The third-order valence-electron chi connectivity index (χ3n) is 4.07. The zero-order chi connectivity index (χ0) is 19.5. The van der Waals surface area contributed by atoms with Crippen molar-refractivity contribution >= 4 is 32.6 Å². The molecule has 1 aromatic carbocycles. The number of benzene rings is 1. The maximum Gasteiger partial charge on any atom is 0.230 e. The van der Waals surface area contributed by atoms with E-state index in [1.165, 1.54) is 11.3 Å². The van der Waals surface area contributed by atoms with Crippen LogP contribution in [0.2, 0.25) is 0 Å². The molecule has 0 aliphatic carbocycles. The van der Waals surface area contributed by atoms with Crippen LogP contribution in [0.3, 0.4) is 0 Å². The topological polar surface area (TPSA) is 89.9 Å². The van der Waals surface area contributed by atoms with Crippen LogP contribution in [0.15, 0.2) is 48.8 Å². The molecule has 0 saturated heterocycles. The maximum absolute atomic E-state index is 12.4. The fraction of sp³-hybridized carbons (Fsp3) is 0.150. The van der Waals surface area contributed by atoms with Gasteiger partial charge in [-0.15, -0.1) is 0 Å². The van der Waals surface area contributed by atoms with Crippen LogP contribution in [0.25, 0.3) is 21.6 Å². The molecule has 8 heteroatoms. The summed E-state index contributed by atoms with van der Waals surface area (Å²) in [6.07, 6.45) is 3.61. The van der Waals surface area contributed by atoms with E-state index in [0.29, 0.717) is 11.0 Å². The number of hydrogen-bond donors (Lipinski definition) is 1. The molecule has 28 heavy (non-hydrogen) atoms. The lowest BCUT2D eigenvalue weighted by Gasteiger charge is -2.04. The van der Waals surface area contributed by atoms with Crippen LogP contribution in [0.1, 0.15) is 11.4 Å². The van der Waals surface area contributed by atoms with Crippen LogP contribution < -0.4 is 10.1 Å². The molecule has 0 bridgehead atoms. The highest BCUT2D eigenvalue weighted by Gasteiger charge is 2.10. The van der Waals surface area contributed by atoms with Gasteiger partial charge in [-0.05, 0) is 42.8 Å². The average molecular weight is 391 g/mol. The smallest absolute Gasteiger partial charge is 0.230 e. The number of nitrogens with one attached hydrogen (secondary N) is 1. The zero-order valence-corrected chi connectivity index (χ0v) is 16.2. The molecule has 0 aliphatic heterocycles. The summed E-state index contributed by atoms with van der Waals surface area (Å²) in [6, 6.07) is 11.2. The van der Waals surface area contributed by atoms with E-state index in [4.69, 9.17) is 4.74 Å². The lowest BCUT2D eigenvalue weighted by molar-refractivity contribution is -0.115. The van der Waals surface area contributed by atoms with Crippen molar-refractivity contribution in [2.45, 2.75) is 13.3 Å². The van der Waals surface area contributed by atoms with Crippen LogP contribution >= 0.6 is 11.3 Å². The Kier molecular flexibility index (Phi) is 4.94. The van der Waals surface area contributed by atoms with Gasteiger partial charge in [0.1, 0.15) is 11.6 Å². The fourth-order valence-corrected chi connectivity index (χ4v) is 3.62. The number of thiazole rings is 1. The van der Waals surface area contributed by atoms with E-state index < -0.39 is 0 Å². The molecule has 0 atom stereocenters. The molecule has 140 valence electrons. The van der Waals surface area contributed by atoms with E-state index in [1.54, 1.807) is 19.5 Å². The molecule has 1 N–H and O–H groups in total. The number of fused-ring (bicyclic) bond motifs is 1. The molecule has 7 nitrogen and oxygen atoms in total. The van der Waals surface area contributed by atoms with Crippen LogP contribution in [-0.4, -0.2) is 33.0 Å². The van der Waals surface area contributed by atoms with E-state index in [2.05, 4.69) is 25.3 Å². The number of ether oxygens (including phenoxy) is 1. The van der Waals surface area contributed by atoms with E-state index in [1.807, 2.05) is 43.3 Å².